The Morgan fingerprint density at radius 2 is 1.75 bits per heavy atom. The van der Waals surface area contributed by atoms with Gasteiger partial charge in [-0.1, -0.05) is 23.2 Å². The maximum Gasteiger partial charge on any atom is 0.144 e. The Hall–Kier alpha value is -3.27. The second-order valence-electron chi connectivity index (χ2n) is 6.01. The molecule has 0 spiro atoms. The molecule has 5 nitrogen and oxygen atoms in total. The van der Waals surface area contributed by atoms with Gasteiger partial charge in [0.25, 0.3) is 0 Å². The van der Waals surface area contributed by atoms with Crippen LogP contribution < -0.4 is 10.6 Å². The van der Waals surface area contributed by atoms with Crippen molar-refractivity contribution in [2.45, 2.75) is 0 Å². The number of nitrogens with zero attached hydrogens (tertiary/aromatic N) is 2. The molecule has 0 bridgehead atoms. The zero-order chi connectivity index (χ0) is 19.7. The van der Waals surface area contributed by atoms with Crippen molar-refractivity contribution in [3.63, 3.8) is 0 Å². The predicted octanol–water partition coefficient (Wildman–Crippen LogP) is 6.37. The molecule has 2 heterocycles. The normalized spacial score (nSPS) is 10.6. The van der Waals surface area contributed by atoms with E-state index in [1.54, 1.807) is 24.3 Å². The van der Waals surface area contributed by atoms with Crippen LogP contribution in [-0.2, 0) is 0 Å². The number of hydrogen-bond donors (Lipinski definition) is 3. The number of nitriles is 1. The SMILES string of the molecule is N#Cc1cc(Nc2ccc(Cl)c(F)c2)cc(Nc2cc(Cl)c3cc[nH]c3c2)n1. The van der Waals surface area contributed by atoms with Crippen molar-refractivity contribution in [3.8, 4) is 6.07 Å². The van der Waals surface area contributed by atoms with E-state index in [0.29, 0.717) is 27.9 Å². The van der Waals surface area contributed by atoms with E-state index in [9.17, 15) is 9.65 Å². The van der Waals surface area contributed by atoms with Crippen LogP contribution in [0.1, 0.15) is 5.69 Å². The fraction of sp³-hybridized carbons (Fsp3) is 0. The molecule has 0 unspecified atom stereocenters. The van der Waals surface area contributed by atoms with Crippen molar-refractivity contribution in [1.82, 2.24) is 9.97 Å². The third-order valence-electron chi connectivity index (χ3n) is 4.04. The molecule has 4 aromatic rings. The highest BCUT2D eigenvalue weighted by Crippen LogP contribution is 2.30. The van der Waals surface area contributed by atoms with Gasteiger partial charge in [0.15, 0.2) is 0 Å². The number of hydrogen-bond acceptors (Lipinski definition) is 4. The van der Waals surface area contributed by atoms with Gasteiger partial charge in [0.2, 0.25) is 0 Å². The Morgan fingerprint density at radius 3 is 2.54 bits per heavy atom. The van der Waals surface area contributed by atoms with Gasteiger partial charge in [-0.05, 0) is 42.5 Å². The lowest BCUT2D eigenvalue weighted by Crippen LogP contribution is -1.99. The van der Waals surface area contributed by atoms with E-state index in [1.807, 2.05) is 24.4 Å². The van der Waals surface area contributed by atoms with E-state index < -0.39 is 5.82 Å². The van der Waals surface area contributed by atoms with Gasteiger partial charge in [-0.2, -0.15) is 5.26 Å². The lowest BCUT2D eigenvalue weighted by Gasteiger charge is -2.11. The summed E-state index contributed by atoms with van der Waals surface area (Å²) in [5.41, 5.74) is 2.86. The monoisotopic (exact) mass is 411 g/mol. The topological polar surface area (TPSA) is 76.5 Å². The smallest absolute Gasteiger partial charge is 0.144 e. The average molecular weight is 412 g/mol. The zero-order valence-corrected chi connectivity index (χ0v) is 15.7. The number of aromatic nitrogens is 2. The molecule has 3 N–H and O–H groups in total. The van der Waals surface area contributed by atoms with Gasteiger partial charge in [0, 0.05) is 40.2 Å². The molecule has 4 rings (SSSR count). The number of anilines is 4. The standard InChI is InChI=1S/C20H12Cl2FN5/c21-16-2-1-11(7-18(16)23)26-12-5-14(10-24)28-20(9-12)27-13-6-17(22)15-3-4-25-19(15)8-13/h1-9,25H,(H2,26,27,28). The van der Waals surface area contributed by atoms with Gasteiger partial charge in [-0.25, -0.2) is 9.37 Å². The van der Waals surface area contributed by atoms with Crippen LogP contribution >= 0.6 is 23.2 Å². The highest BCUT2D eigenvalue weighted by Gasteiger charge is 2.08. The average Bonchev–Trinajstić information content (AvgIpc) is 3.14. The molecule has 2 aromatic carbocycles. The first-order chi connectivity index (χ1) is 13.5. The summed E-state index contributed by atoms with van der Waals surface area (Å²) < 4.78 is 13.7. The van der Waals surface area contributed by atoms with E-state index in [0.717, 1.165) is 10.9 Å². The summed E-state index contributed by atoms with van der Waals surface area (Å²) >= 11 is 12.0. The minimum Gasteiger partial charge on any atom is -0.361 e. The van der Waals surface area contributed by atoms with Crippen molar-refractivity contribution >= 4 is 57.0 Å². The van der Waals surface area contributed by atoms with Crippen molar-refractivity contribution in [1.29, 1.82) is 5.26 Å². The van der Waals surface area contributed by atoms with Crippen molar-refractivity contribution < 1.29 is 4.39 Å². The van der Waals surface area contributed by atoms with Crippen LogP contribution in [0.25, 0.3) is 10.9 Å². The van der Waals surface area contributed by atoms with E-state index in [-0.39, 0.29) is 10.7 Å². The first kappa shape index (κ1) is 18.1. The van der Waals surface area contributed by atoms with Crippen molar-refractivity contribution in [2.75, 3.05) is 10.6 Å². The second kappa shape index (κ2) is 7.39. The Bertz CT molecular complexity index is 1230. The number of nitrogens with one attached hydrogen (secondary N) is 3. The molecule has 138 valence electrons. The fourth-order valence-corrected chi connectivity index (χ4v) is 3.21. The van der Waals surface area contributed by atoms with Crippen LogP contribution in [0.15, 0.2) is 54.7 Å². The molecule has 0 aliphatic rings. The molecule has 8 heteroatoms. The molecule has 0 saturated heterocycles. The first-order valence-electron chi connectivity index (χ1n) is 8.20. The molecule has 0 aliphatic heterocycles. The summed E-state index contributed by atoms with van der Waals surface area (Å²) in [6.07, 6.45) is 1.81. The minimum absolute atomic E-state index is 0.0388. The highest BCUT2D eigenvalue weighted by atomic mass is 35.5. The molecule has 0 saturated carbocycles. The van der Waals surface area contributed by atoms with Gasteiger partial charge in [0.05, 0.1) is 10.0 Å². The second-order valence-corrected chi connectivity index (χ2v) is 6.83. The number of benzene rings is 2. The molecule has 0 aliphatic carbocycles. The first-order valence-corrected chi connectivity index (χ1v) is 8.95. The molecule has 0 fully saturated rings. The zero-order valence-electron chi connectivity index (χ0n) is 14.2. The maximum absolute atomic E-state index is 13.7. The largest absolute Gasteiger partial charge is 0.361 e. The number of halogens is 3. The number of aromatic amines is 1. The lowest BCUT2D eigenvalue weighted by atomic mass is 10.2. The van der Waals surface area contributed by atoms with E-state index >= 15 is 0 Å². The number of fused-ring (bicyclic) bond motifs is 1. The summed E-state index contributed by atoms with van der Waals surface area (Å²) in [5, 5.41) is 17.0. The molecule has 28 heavy (non-hydrogen) atoms. The Kier molecular flexibility index (Phi) is 4.78. The van der Waals surface area contributed by atoms with Crippen LogP contribution in [0.5, 0.6) is 0 Å². The van der Waals surface area contributed by atoms with Gasteiger partial charge in [-0.15, -0.1) is 0 Å². The van der Waals surface area contributed by atoms with Gasteiger partial charge in [-0.3, -0.25) is 0 Å². The van der Waals surface area contributed by atoms with E-state index in [1.165, 1.54) is 12.1 Å². The predicted molar refractivity (Wildman–Crippen MR) is 110 cm³/mol. The van der Waals surface area contributed by atoms with Crippen LogP contribution in [0, 0.1) is 17.1 Å². The Balaban J connectivity index is 1.66. The molecule has 2 aromatic heterocycles. The molecule has 0 amide bonds. The van der Waals surface area contributed by atoms with E-state index in [2.05, 4.69) is 20.6 Å². The van der Waals surface area contributed by atoms with Gasteiger partial charge in [0.1, 0.15) is 23.4 Å². The van der Waals surface area contributed by atoms with E-state index in [4.69, 9.17) is 23.2 Å². The van der Waals surface area contributed by atoms with Crippen molar-refractivity contribution in [3.05, 3.63) is 76.3 Å². The van der Waals surface area contributed by atoms with Crippen molar-refractivity contribution in [2.24, 2.45) is 0 Å². The minimum atomic E-state index is -0.534. The Morgan fingerprint density at radius 1 is 0.929 bits per heavy atom. The van der Waals surface area contributed by atoms with Crippen LogP contribution in [0.2, 0.25) is 10.0 Å². The summed E-state index contributed by atoms with van der Waals surface area (Å²) in [5.74, 6) is -0.0913. The lowest BCUT2D eigenvalue weighted by molar-refractivity contribution is 0.629. The molecule has 0 radical (unpaired) electrons. The number of H-pyrrole nitrogens is 1. The maximum atomic E-state index is 13.7. The third kappa shape index (κ3) is 3.72. The summed E-state index contributed by atoms with van der Waals surface area (Å²) in [4.78, 5) is 7.36. The van der Waals surface area contributed by atoms with Gasteiger partial charge >= 0.3 is 0 Å². The molecule has 0 atom stereocenters. The summed E-state index contributed by atoms with van der Waals surface area (Å²) in [6.45, 7) is 0. The van der Waals surface area contributed by atoms with Crippen LogP contribution in [0.4, 0.5) is 27.3 Å². The summed E-state index contributed by atoms with van der Waals surface area (Å²) in [7, 11) is 0. The Labute approximate surface area is 169 Å². The number of pyridine rings is 1. The van der Waals surface area contributed by atoms with Gasteiger partial charge < -0.3 is 15.6 Å². The molecular weight excluding hydrogens is 400 g/mol. The van der Waals surface area contributed by atoms with Crippen LogP contribution in [-0.4, -0.2) is 9.97 Å². The van der Waals surface area contributed by atoms with Crippen LogP contribution in [0.3, 0.4) is 0 Å². The summed E-state index contributed by atoms with van der Waals surface area (Å²) in [6, 6.07) is 15.2. The number of rotatable bonds is 4. The third-order valence-corrected chi connectivity index (χ3v) is 4.66. The highest BCUT2D eigenvalue weighted by molar-refractivity contribution is 6.35. The molecular formula is C20H12Cl2FN5. The quantitative estimate of drug-likeness (QED) is 0.364. The fourth-order valence-electron chi connectivity index (χ4n) is 2.81.